The highest BCUT2D eigenvalue weighted by Gasteiger charge is 2.24. The standard InChI is InChI=1S/C21H15Cl3N2O2/c22-14-4-5-17(23)16(11-14)19(13-3-6-18-12(10-13)7-9-28-18)26-21(27)15-2-1-8-25-20(15)24/h1-6,8,10-11,19H,7,9H2,(H,26,27). The van der Waals surface area contributed by atoms with Crippen LogP contribution in [0.4, 0.5) is 0 Å². The molecule has 1 amide bonds. The predicted molar refractivity (Wildman–Crippen MR) is 111 cm³/mol. The van der Waals surface area contributed by atoms with E-state index in [1.807, 2.05) is 18.2 Å². The Hall–Kier alpha value is -2.27. The van der Waals surface area contributed by atoms with Gasteiger partial charge in [0.2, 0.25) is 0 Å². The fraction of sp³-hybridized carbons (Fsp3) is 0.143. The number of ether oxygens (including phenoxy) is 1. The van der Waals surface area contributed by atoms with Crippen LogP contribution in [0.5, 0.6) is 5.75 Å². The Labute approximate surface area is 177 Å². The van der Waals surface area contributed by atoms with E-state index in [2.05, 4.69) is 10.3 Å². The van der Waals surface area contributed by atoms with E-state index < -0.39 is 6.04 Å². The van der Waals surface area contributed by atoms with Gasteiger partial charge in [0.1, 0.15) is 10.9 Å². The Morgan fingerprint density at radius 2 is 1.96 bits per heavy atom. The maximum Gasteiger partial charge on any atom is 0.255 e. The van der Waals surface area contributed by atoms with Gasteiger partial charge in [0.15, 0.2) is 0 Å². The van der Waals surface area contributed by atoms with Crippen molar-refractivity contribution in [3.8, 4) is 5.75 Å². The van der Waals surface area contributed by atoms with Crippen molar-refractivity contribution in [2.24, 2.45) is 0 Å². The number of hydrogen-bond donors (Lipinski definition) is 1. The molecule has 1 unspecified atom stereocenters. The van der Waals surface area contributed by atoms with Gasteiger partial charge in [-0.25, -0.2) is 4.98 Å². The van der Waals surface area contributed by atoms with Crippen molar-refractivity contribution in [1.29, 1.82) is 0 Å². The van der Waals surface area contributed by atoms with Crippen LogP contribution in [-0.4, -0.2) is 17.5 Å². The van der Waals surface area contributed by atoms with Crippen molar-refractivity contribution < 1.29 is 9.53 Å². The summed E-state index contributed by atoms with van der Waals surface area (Å²) >= 11 is 18.7. The maximum absolute atomic E-state index is 12.9. The monoisotopic (exact) mass is 432 g/mol. The van der Waals surface area contributed by atoms with E-state index in [9.17, 15) is 4.79 Å². The fourth-order valence-corrected chi connectivity index (χ4v) is 3.84. The Kier molecular flexibility index (Phi) is 5.44. The number of amides is 1. The van der Waals surface area contributed by atoms with Gasteiger partial charge < -0.3 is 10.1 Å². The topological polar surface area (TPSA) is 51.2 Å². The van der Waals surface area contributed by atoms with Crippen molar-refractivity contribution in [2.75, 3.05) is 6.61 Å². The summed E-state index contributed by atoms with van der Waals surface area (Å²) in [4.78, 5) is 16.9. The lowest BCUT2D eigenvalue weighted by atomic mass is 9.96. The van der Waals surface area contributed by atoms with Crippen LogP contribution in [0.2, 0.25) is 15.2 Å². The molecule has 142 valence electrons. The first-order valence-electron chi connectivity index (χ1n) is 8.65. The van der Waals surface area contributed by atoms with Crippen molar-refractivity contribution in [3.05, 3.63) is 92.2 Å². The molecule has 3 aromatic rings. The van der Waals surface area contributed by atoms with Gasteiger partial charge in [-0.1, -0.05) is 40.9 Å². The smallest absolute Gasteiger partial charge is 0.255 e. The number of carbonyl (C=O) groups is 1. The van der Waals surface area contributed by atoms with Crippen molar-refractivity contribution >= 4 is 40.7 Å². The van der Waals surface area contributed by atoms with Crippen LogP contribution in [0.25, 0.3) is 0 Å². The first-order valence-corrected chi connectivity index (χ1v) is 9.78. The molecule has 2 aromatic carbocycles. The second-order valence-corrected chi connectivity index (χ2v) is 7.58. The molecule has 0 radical (unpaired) electrons. The number of rotatable bonds is 4. The van der Waals surface area contributed by atoms with Gasteiger partial charge in [0.05, 0.1) is 18.2 Å². The first-order chi connectivity index (χ1) is 13.5. The normalized spacial score (nSPS) is 13.5. The summed E-state index contributed by atoms with van der Waals surface area (Å²) in [5, 5.41) is 4.19. The third-order valence-corrected chi connectivity index (χ3v) is 5.48. The van der Waals surface area contributed by atoms with Crippen LogP contribution in [0, 0.1) is 0 Å². The highest BCUT2D eigenvalue weighted by Crippen LogP contribution is 2.34. The number of hydrogen-bond acceptors (Lipinski definition) is 3. The third-order valence-electron chi connectivity index (χ3n) is 4.60. The van der Waals surface area contributed by atoms with Crippen LogP contribution >= 0.6 is 34.8 Å². The molecule has 0 spiro atoms. The van der Waals surface area contributed by atoms with Crippen LogP contribution < -0.4 is 10.1 Å². The first kappa shape index (κ1) is 19.1. The number of carbonyl (C=O) groups excluding carboxylic acids is 1. The Morgan fingerprint density at radius 3 is 2.79 bits per heavy atom. The number of benzene rings is 2. The Balaban J connectivity index is 1.77. The minimum Gasteiger partial charge on any atom is -0.493 e. The number of aromatic nitrogens is 1. The largest absolute Gasteiger partial charge is 0.493 e. The molecular formula is C21H15Cl3N2O2. The summed E-state index contributed by atoms with van der Waals surface area (Å²) in [7, 11) is 0. The average molecular weight is 434 g/mol. The zero-order chi connectivity index (χ0) is 19.7. The van der Waals surface area contributed by atoms with Gasteiger partial charge in [-0.15, -0.1) is 0 Å². The minimum absolute atomic E-state index is 0.137. The zero-order valence-electron chi connectivity index (χ0n) is 14.6. The summed E-state index contributed by atoms with van der Waals surface area (Å²) < 4.78 is 5.59. The zero-order valence-corrected chi connectivity index (χ0v) is 16.9. The molecule has 4 rings (SSSR count). The van der Waals surface area contributed by atoms with E-state index in [4.69, 9.17) is 39.5 Å². The van der Waals surface area contributed by atoms with E-state index in [0.29, 0.717) is 22.2 Å². The molecule has 1 N–H and O–H groups in total. The van der Waals surface area contributed by atoms with Gasteiger partial charge in [0.25, 0.3) is 5.91 Å². The molecule has 0 fully saturated rings. The summed E-state index contributed by atoms with van der Waals surface area (Å²) in [5.41, 5.74) is 2.95. The number of halogens is 3. The molecule has 0 aliphatic carbocycles. The lowest BCUT2D eigenvalue weighted by molar-refractivity contribution is 0.0943. The van der Waals surface area contributed by atoms with Crippen molar-refractivity contribution in [3.63, 3.8) is 0 Å². The maximum atomic E-state index is 12.9. The van der Waals surface area contributed by atoms with Gasteiger partial charge in [0, 0.05) is 22.7 Å². The second-order valence-electron chi connectivity index (χ2n) is 6.38. The van der Waals surface area contributed by atoms with Crippen LogP contribution in [0.1, 0.15) is 33.1 Å². The fourth-order valence-electron chi connectivity index (χ4n) is 3.23. The molecular weight excluding hydrogens is 419 g/mol. The molecule has 1 atom stereocenters. The molecule has 4 nitrogen and oxygen atoms in total. The number of fused-ring (bicyclic) bond motifs is 1. The van der Waals surface area contributed by atoms with Crippen molar-refractivity contribution in [1.82, 2.24) is 10.3 Å². The highest BCUT2D eigenvalue weighted by molar-refractivity contribution is 6.34. The predicted octanol–water partition coefficient (Wildman–Crippen LogP) is 5.50. The number of pyridine rings is 1. The van der Waals surface area contributed by atoms with Gasteiger partial charge in [-0.2, -0.15) is 0 Å². The molecule has 0 saturated heterocycles. The van der Waals surface area contributed by atoms with Crippen molar-refractivity contribution in [2.45, 2.75) is 12.5 Å². The minimum atomic E-state index is -0.513. The third kappa shape index (κ3) is 3.81. The SMILES string of the molecule is O=C(NC(c1ccc2c(c1)CCO2)c1cc(Cl)ccc1Cl)c1cccnc1Cl. The van der Waals surface area contributed by atoms with E-state index in [-0.39, 0.29) is 16.6 Å². The lowest BCUT2D eigenvalue weighted by Gasteiger charge is -2.22. The quantitative estimate of drug-likeness (QED) is 0.553. The van der Waals surface area contributed by atoms with Crippen LogP contribution in [0.15, 0.2) is 54.7 Å². The van der Waals surface area contributed by atoms with E-state index in [1.54, 1.807) is 30.3 Å². The molecule has 0 saturated carbocycles. The lowest BCUT2D eigenvalue weighted by Crippen LogP contribution is -2.30. The van der Waals surface area contributed by atoms with E-state index in [1.165, 1.54) is 6.20 Å². The second kappa shape index (κ2) is 8.00. The number of nitrogens with one attached hydrogen (secondary N) is 1. The van der Waals surface area contributed by atoms with Crippen LogP contribution in [-0.2, 0) is 6.42 Å². The van der Waals surface area contributed by atoms with Crippen LogP contribution in [0.3, 0.4) is 0 Å². The summed E-state index contributed by atoms with van der Waals surface area (Å²) in [6.07, 6.45) is 2.35. The Bertz CT molecular complexity index is 1060. The summed E-state index contributed by atoms with van der Waals surface area (Å²) in [6, 6.07) is 13.8. The van der Waals surface area contributed by atoms with E-state index >= 15 is 0 Å². The summed E-state index contributed by atoms with van der Waals surface area (Å²) in [6.45, 7) is 0.652. The van der Waals surface area contributed by atoms with Gasteiger partial charge in [-0.05, 0) is 59.2 Å². The molecule has 2 heterocycles. The average Bonchev–Trinajstić information content (AvgIpc) is 3.16. The number of nitrogens with zero attached hydrogens (tertiary/aromatic N) is 1. The van der Waals surface area contributed by atoms with Gasteiger partial charge in [-0.3, -0.25) is 4.79 Å². The van der Waals surface area contributed by atoms with Gasteiger partial charge >= 0.3 is 0 Å². The molecule has 7 heteroatoms. The summed E-state index contributed by atoms with van der Waals surface area (Å²) in [5.74, 6) is 0.511. The molecule has 1 aliphatic rings. The molecule has 0 bridgehead atoms. The Morgan fingerprint density at radius 1 is 1.11 bits per heavy atom. The van der Waals surface area contributed by atoms with E-state index in [0.717, 1.165) is 23.3 Å². The molecule has 1 aliphatic heterocycles. The highest BCUT2D eigenvalue weighted by atomic mass is 35.5. The molecule has 28 heavy (non-hydrogen) atoms. The molecule has 1 aromatic heterocycles.